The Labute approximate surface area is 194 Å². The van der Waals surface area contributed by atoms with E-state index in [-0.39, 0.29) is 5.91 Å². The molecule has 0 aliphatic heterocycles. The first-order valence-corrected chi connectivity index (χ1v) is 12.2. The van der Waals surface area contributed by atoms with Crippen molar-refractivity contribution in [3.05, 3.63) is 59.9 Å². The average molecular weight is 445 g/mol. The van der Waals surface area contributed by atoms with Crippen LogP contribution in [-0.2, 0) is 13.1 Å². The lowest BCUT2D eigenvalue weighted by Crippen LogP contribution is -2.51. The zero-order chi connectivity index (χ0) is 22.4. The Bertz CT molecular complexity index is 1120. The van der Waals surface area contributed by atoms with E-state index in [1.807, 2.05) is 36.0 Å². The highest BCUT2D eigenvalue weighted by Gasteiger charge is 2.50. The molecule has 0 radical (unpaired) electrons. The topological polar surface area (TPSA) is 75.4 Å². The van der Waals surface area contributed by atoms with Crippen molar-refractivity contribution in [3.63, 3.8) is 0 Å². The van der Waals surface area contributed by atoms with Crippen molar-refractivity contribution in [1.82, 2.24) is 29.8 Å². The molecule has 3 heterocycles. The van der Waals surface area contributed by atoms with E-state index in [1.165, 1.54) is 38.5 Å². The maximum absolute atomic E-state index is 13.2. The number of amides is 1. The Hall–Kier alpha value is -2.80. The van der Waals surface area contributed by atoms with Crippen LogP contribution in [0.25, 0.3) is 5.52 Å². The van der Waals surface area contributed by atoms with Crippen molar-refractivity contribution >= 4 is 11.4 Å². The number of rotatable bonds is 7. The van der Waals surface area contributed by atoms with Gasteiger partial charge in [0.25, 0.3) is 5.91 Å². The van der Waals surface area contributed by atoms with Crippen LogP contribution >= 0.6 is 0 Å². The van der Waals surface area contributed by atoms with Gasteiger partial charge >= 0.3 is 0 Å². The second-order valence-corrected chi connectivity index (χ2v) is 10.9. The van der Waals surface area contributed by atoms with Crippen LogP contribution in [0.1, 0.15) is 60.3 Å². The van der Waals surface area contributed by atoms with Crippen molar-refractivity contribution in [2.75, 3.05) is 13.6 Å². The minimum Gasteiger partial charge on any atom is -0.351 e. The number of hydrogen-bond donors (Lipinski definition) is 1. The van der Waals surface area contributed by atoms with Crippen molar-refractivity contribution in [2.45, 2.75) is 51.6 Å². The van der Waals surface area contributed by atoms with E-state index < -0.39 is 0 Å². The fourth-order valence-corrected chi connectivity index (χ4v) is 7.23. The number of nitrogens with one attached hydrogen (secondary N) is 1. The fourth-order valence-electron chi connectivity index (χ4n) is 7.23. The molecule has 7 nitrogen and oxygen atoms in total. The summed E-state index contributed by atoms with van der Waals surface area (Å²) in [5, 5.41) is 8.04. The summed E-state index contributed by atoms with van der Waals surface area (Å²) in [4.78, 5) is 23.9. The number of carbonyl (C=O) groups excluding carboxylic acids is 1. The van der Waals surface area contributed by atoms with Gasteiger partial charge in [-0.3, -0.25) is 19.7 Å². The van der Waals surface area contributed by atoms with E-state index >= 15 is 0 Å². The molecule has 7 heteroatoms. The molecule has 3 aromatic rings. The molecule has 1 N–H and O–H groups in total. The normalized spacial score (nSPS) is 28.0. The van der Waals surface area contributed by atoms with Gasteiger partial charge in [0.1, 0.15) is 0 Å². The van der Waals surface area contributed by atoms with Crippen LogP contribution in [0.2, 0.25) is 0 Å². The quantitative estimate of drug-likeness (QED) is 0.601. The first-order chi connectivity index (χ1) is 16.1. The van der Waals surface area contributed by atoms with Crippen LogP contribution in [0.5, 0.6) is 0 Å². The predicted octanol–water partition coefficient (Wildman–Crippen LogP) is 3.70. The summed E-state index contributed by atoms with van der Waals surface area (Å²) in [5.41, 5.74) is 3.77. The summed E-state index contributed by atoms with van der Waals surface area (Å²) >= 11 is 0. The highest BCUT2D eigenvalue weighted by atomic mass is 16.1. The van der Waals surface area contributed by atoms with E-state index in [4.69, 9.17) is 5.10 Å². The molecule has 4 bridgehead atoms. The van der Waals surface area contributed by atoms with Gasteiger partial charge in [0.2, 0.25) is 0 Å². The molecule has 4 aliphatic carbocycles. The summed E-state index contributed by atoms with van der Waals surface area (Å²) in [5.74, 6) is 2.71. The molecule has 33 heavy (non-hydrogen) atoms. The molecule has 0 spiro atoms. The van der Waals surface area contributed by atoms with Gasteiger partial charge in [0.15, 0.2) is 0 Å². The zero-order valence-corrected chi connectivity index (χ0v) is 19.3. The van der Waals surface area contributed by atoms with Gasteiger partial charge in [-0.2, -0.15) is 5.10 Å². The van der Waals surface area contributed by atoms with Gasteiger partial charge < -0.3 is 5.32 Å². The Morgan fingerprint density at radius 3 is 2.55 bits per heavy atom. The predicted molar refractivity (Wildman–Crippen MR) is 125 cm³/mol. The van der Waals surface area contributed by atoms with Crippen LogP contribution in [0.4, 0.5) is 0 Å². The third-order valence-corrected chi connectivity index (χ3v) is 8.07. The Morgan fingerprint density at radius 2 is 1.85 bits per heavy atom. The molecule has 0 saturated heterocycles. The molecule has 1 amide bonds. The second kappa shape index (κ2) is 8.20. The molecule has 4 aliphatic rings. The molecule has 172 valence electrons. The Morgan fingerprint density at radius 1 is 1.12 bits per heavy atom. The number of nitrogens with zero attached hydrogens (tertiary/aromatic N) is 5. The van der Waals surface area contributed by atoms with E-state index in [1.54, 1.807) is 18.6 Å². The van der Waals surface area contributed by atoms with Gasteiger partial charge in [0.05, 0.1) is 22.5 Å². The molecule has 0 aromatic carbocycles. The lowest BCUT2D eigenvalue weighted by Gasteiger charge is -2.56. The third kappa shape index (κ3) is 4.14. The number of pyridine rings is 1. The van der Waals surface area contributed by atoms with Crippen molar-refractivity contribution in [1.29, 1.82) is 0 Å². The van der Waals surface area contributed by atoms with Gasteiger partial charge in [-0.1, -0.05) is 0 Å². The first-order valence-electron chi connectivity index (χ1n) is 12.2. The maximum atomic E-state index is 13.2. The number of fused-ring (bicyclic) bond motifs is 1. The Kier molecular flexibility index (Phi) is 5.17. The lowest BCUT2D eigenvalue weighted by atomic mass is 9.49. The summed E-state index contributed by atoms with van der Waals surface area (Å²) in [6.45, 7) is 2.19. The largest absolute Gasteiger partial charge is 0.351 e. The highest BCUT2D eigenvalue weighted by Crippen LogP contribution is 2.59. The number of hydrogen-bond acceptors (Lipinski definition) is 5. The minimum absolute atomic E-state index is 0.0238. The average Bonchev–Trinajstić information content (AvgIpc) is 3.19. The monoisotopic (exact) mass is 444 g/mol. The van der Waals surface area contributed by atoms with Crippen LogP contribution in [0, 0.1) is 23.2 Å². The van der Waals surface area contributed by atoms with Gasteiger partial charge in [-0.15, -0.1) is 0 Å². The maximum Gasteiger partial charge on any atom is 0.253 e. The third-order valence-electron chi connectivity index (χ3n) is 8.07. The standard InChI is InChI=1S/C26H32N6O/c1-31(16-22-14-27-4-5-28-22)15-21-10-24-23(3-2-6-32(24)30-21)25(33)29-17-26-11-18-7-19(12-26)9-20(8-18)13-26/h2-6,10,14,18-20H,7-9,11-13,15-17H2,1H3,(H,29,33). The minimum atomic E-state index is 0.0238. The fraction of sp³-hybridized carbons (Fsp3) is 0.538. The van der Waals surface area contributed by atoms with Crippen molar-refractivity contribution in [3.8, 4) is 0 Å². The first kappa shape index (κ1) is 20.8. The van der Waals surface area contributed by atoms with Crippen molar-refractivity contribution < 1.29 is 4.79 Å². The molecule has 3 aromatic heterocycles. The summed E-state index contributed by atoms with van der Waals surface area (Å²) in [7, 11) is 2.04. The van der Waals surface area contributed by atoms with Gasteiger partial charge in [-0.25, -0.2) is 4.52 Å². The molecular weight excluding hydrogens is 412 g/mol. The molecule has 0 atom stereocenters. The SMILES string of the molecule is CN(Cc1cnccn1)Cc1cc2c(C(=O)NCC34CC5CC(CC(C5)C3)C4)cccn2n1. The van der Waals surface area contributed by atoms with E-state index in [0.717, 1.165) is 41.2 Å². The van der Waals surface area contributed by atoms with E-state index in [0.29, 0.717) is 24.1 Å². The summed E-state index contributed by atoms with van der Waals surface area (Å²) in [6, 6.07) is 5.86. The number of aromatic nitrogens is 4. The lowest BCUT2D eigenvalue weighted by molar-refractivity contribution is -0.0503. The Balaban J connectivity index is 1.14. The van der Waals surface area contributed by atoms with Crippen LogP contribution in [0.3, 0.4) is 0 Å². The van der Waals surface area contributed by atoms with Crippen molar-refractivity contribution in [2.24, 2.45) is 23.2 Å². The molecule has 4 saturated carbocycles. The summed E-state index contributed by atoms with van der Waals surface area (Å²) in [6.07, 6.45) is 15.3. The molecule has 7 rings (SSSR count). The van der Waals surface area contributed by atoms with Crippen LogP contribution < -0.4 is 5.32 Å². The van der Waals surface area contributed by atoms with Crippen LogP contribution in [-0.4, -0.2) is 44.0 Å². The van der Waals surface area contributed by atoms with E-state index in [9.17, 15) is 4.79 Å². The molecular formula is C26H32N6O. The summed E-state index contributed by atoms with van der Waals surface area (Å²) < 4.78 is 1.82. The molecule has 0 unspecified atom stereocenters. The second-order valence-electron chi connectivity index (χ2n) is 10.9. The van der Waals surface area contributed by atoms with Gasteiger partial charge in [-0.05, 0) is 86.9 Å². The highest BCUT2D eigenvalue weighted by molar-refractivity contribution is 6.00. The number of carbonyl (C=O) groups is 1. The van der Waals surface area contributed by atoms with Gasteiger partial charge in [0, 0.05) is 44.4 Å². The van der Waals surface area contributed by atoms with E-state index in [2.05, 4.69) is 20.2 Å². The zero-order valence-electron chi connectivity index (χ0n) is 19.3. The molecule has 4 fully saturated rings. The smallest absolute Gasteiger partial charge is 0.253 e. The van der Waals surface area contributed by atoms with Crippen LogP contribution in [0.15, 0.2) is 43.0 Å².